The maximum Gasteiger partial charge on any atom is 0.182 e. The van der Waals surface area contributed by atoms with Crippen molar-refractivity contribution in [1.82, 2.24) is 9.88 Å². The van der Waals surface area contributed by atoms with Crippen LogP contribution in [-0.2, 0) is 6.67 Å². The van der Waals surface area contributed by atoms with E-state index in [4.69, 9.17) is 4.74 Å². The lowest BCUT2D eigenvalue weighted by molar-refractivity contribution is 0.0315. The predicted molar refractivity (Wildman–Crippen MR) is 136 cm³/mol. The van der Waals surface area contributed by atoms with E-state index in [0.29, 0.717) is 61.6 Å². The molecule has 0 aliphatic carbocycles. The van der Waals surface area contributed by atoms with Crippen molar-refractivity contribution in [2.75, 3.05) is 45.2 Å². The minimum absolute atomic E-state index is 0.0968. The van der Waals surface area contributed by atoms with E-state index < -0.39 is 35.7 Å². The van der Waals surface area contributed by atoms with Crippen LogP contribution in [-0.4, -0.2) is 54.9 Å². The Morgan fingerprint density at radius 1 is 1.16 bits per heavy atom. The lowest BCUT2D eigenvalue weighted by Gasteiger charge is -2.41. The topological polar surface area (TPSA) is 57.6 Å². The summed E-state index contributed by atoms with van der Waals surface area (Å²) in [6, 6.07) is 6.51. The second-order valence-corrected chi connectivity index (χ2v) is 9.90. The third-order valence-electron chi connectivity index (χ3n) is 7.57. The van der Waals surface area contributed by atoms with Gasteiger partial charge in [0.05, 0.1) is 18.3 Å². The third-order valence-corrected chi connectivity index (χ3v) is 7.57. The van der Waals surface area contributed by atoms with Crippen LogP contribution in [0.5, 0.6) is 5.75 Å². The molecule has 1 aliphatic rings. The summed E-state index contributed by atoms with van der Waals surface area (Å²) in [4.78, 5) is 6.35. The number of nitrogens with zero attached hydrogens (tertiary/aromatic N) is 2. The van der Waals surface area contributed by atoms with Gasteiger partial charge >= 0.3 is 0 Å². The molecule has 0 spiro atoms. The molecule has 0 unspecified atom stereocenters. The van der Waals surface area contributed by atoms with Gasteiger partial charge < -0.3 is 20.1 Å². The average Bonchev–Trinajstić information content (AvgIpc) is 2.94. The van der Waals surface area contributed by atoms with Crippen LogP contribution in [0, 0.1) is 22.9 Å². The highest BCUT2D eigenvalue weighted by Gasteiger charge is 2.35. The second kappa shape index (κ2) is 12.3. The number of alkyl halides is 2. The van der Waals surface area contributed by atoms with Gasteiger partial charge in [-0.3, -0.25) is 4.98 Å². The molecule has 2 N–H and O–H groups in total. The van der Waals surface area contributed by atoms with Gasteiger partial charge in [-0.05, 0) is 62.4 Å². The van der Waals surface area contributed by atoms with E-state index >= 15 is 4.39 Å². The number of methoxy groups -OCH3 is 1. The zero-order chi connectivity index (χ0) is 27.3. The molecule has 1 atom stereocenters. The van der Waals surface area contributed by atoms with Crippen molar-refractivity contribution in [3.63, 3.8) is 0 Å². The van der Waals surface area contributed by atoms with Crippen LogP contribution in [0.4, 0.5) is 27.6 Å². The van der Waals surface area contributed by atoms with E-state index in [-0.39, 0.29) is 36.4 Å². The maximum atomic E-state index is 15.7. The summed E-state index contributed by atoms with van der Waals surface area (Å²) in [5, 5.41) is 13.5. The average molecular weight is 538 g/mol. The van der Waals surface area contributed by atoms with Gasteiger partial charge in [-0.2, -0.15) is 0 Å². The van der Waals surface area contributed by atoms with Crippen LogP contribution >= 0.6 is 0 Å². The molecule has 206 valence electrons. The lowest BCUT2D eigenvalue weighted by Crippen LogP contribution is -2.43. The first kappa shape index (κ1) is 28.0. The first-order chi connectivity index (χ1) is 18.3. The predicted octanol–water partition coefficient (Wildman–Crippen LogP) is 6.11. The summed E-state index contributed by atoms with van der Waals surface area (Å²) >= 11 is 0. The first-order valence-corrected chi connectivity index (χ1v) is 12.7. The van der Waals surface area contributed by atoms with Gasteiger partial charge in [-0.25, -0.2) is 22.0 Å². The van der Waals surface area contributed by atoms with Crippen LogP contribution in [0.1, 0.15) is 43.0 Å². The zero-order valence-electron chi connectivity index (χ0n) is 21.3. The number of fused-ring (bicyclic) bond motifs is 1. The van der Waals surface area contributed by atoms with Crippen molar-refractivity contribution in [2.45, 2.75) is 38.5 Å². The van der Waals surface area contributed by atoms with Gasteiger partial charge in [0.15, 0.2) is 11.6 Å². The van der Waals surface area contributed by atoms with E-state index in [1.54, 1.807) is 18.2 Å². The van der Waals surface area contributed by atoms with Gasteiger partial charge in [-0.15, -0.1) is 0 Å². The van der Waals surface area contributed by atoms with Crippen molar-refractivity contribution in [3.05, 3.63) is 65.1 Å². The number of nitrogens with one attached hydrogen (secondary N) is 1. The number of rotatable bonds is 11. The van der Waals surface area contributed by atoms with Gasteiger partial charge in [0.2, 0.25) is 0 Å². The molecule has 38 heavy (non-hydrogen) atoms. The quantitative estimate of drug-likeness (QED) is 0.228. The maximum absolute atomic E-state index is 15.7. The zero-order valence-corrected chi connectivity index (χ0v) is 21.3. The number of likely N-dealkylation sites (tertiary alicyclic amines) is 1. The number of piperidine rings is 1. The van der Waals surface area contributed by atoms with Crippen molar-refractivity contribution < 1.29 is 31.8 Å². The summed E-state index contributed by atoms with van der Waals surface area (Å²) in [6.45, 7) is 1.11. The molecule has 10 heteroatoms. The Morgan fingerprint density at radius 2 is 1.92 bits per heavy atom. The highest BCUT2D eigenvalue weighted by Crippen LogP contribution is 2.41. The lowest BCUT2D eigenvalue weighted by atomic mass is 9.74. The Labute approximate surface area is 218 Å². The van der Waals surface area contributed by atoms with Crippen LogP contribution in [0.25, 0.3) is 10.9 Å². The fourth-order valence-corrected chi connectivity index (χ4v) is 5.19. The number of aromatic nitrogens is 1. The Hall–Kier alpha value is -2.98. The normalized spacial score (nSPS) is 16.5. The number of benzene rings is 2. The minimum Gasteiger partial charge on any atom is -0.497 e. The summed E-state index contributed by atoms with van der Waals surface area (Å²) in [6.07, 6.45) is 1.72. The Kier molecular flexibility index (Phi) is 9.04. The SMILES string of the molecule is COc1ccc2ncc(CF)c([C@@H](F)CCC3(CO)CCN(CCNc4cc(F)cc(F)c4F)CC3)c2c1. The molecule has 0 amide bonds. The number of ether oxygens (including phenoxy) is 1. The molecule has 1 aliphatic heterocycles. The highest BCUT2D eigenvalue weighted by atomic mass is 19.2. The number of anilines is 1. The Balaban J connectivity index is 1.35. The molecule has 4 rings (SSSR count). The van der Waals surface area contributed by atoms with E-state index in [0.717, 1.165) is 6.07 Å². The molecule has 1 fully saturated rings. The van der Waals surface area contributed by atoms with Gasteiger partial charge in [0.1, 0.15) is 24.4 Å². The summed E-state index contributed by atoms with van der Waals surface area (Å²) in [5.74, 6) is -2.70. The van der Waals surface area contributed by atoms with Gasteiger partial charge in [-0.1, -0.05) is 0 Å². The fraction of sp³-hybridized carbons (Fsp3) is 0.464. The summed E-state index contributed by atoms with van der Waals surface area (Å²) < 4.78 is 75.3. The summed E-state index contributed by atoms with van der Waals surface area (Å²) in [5.41, 5.74) is 0.331. The number of aliphatic hydroxyl groups is 1. The first-order valence-electron chi connectivity index (χ1n) is 12.7. The van der Waals surface area contributed by atoms with Crippen molar-refractivity contribution in [3.8, 4) is 5.75 Å². The molecular weight excluding hydrogens is 505 g/mol. The number of pyridine rings is 1. The van der Waals surface area contributed by atoms with Crippen LogP contribution in [0.15, 0.2) is 36.5 Å². The highest BCUT2D eigenvalue weighted by molar-refractivity contribution is 5.85. The van der Waals surface area contributed by atoms with Crippen molar-refractivity contribution in [1.29, 1.82) is 0 Å². The molecule has 0 bridgehead atoms. The van der Waals surface area contributed by atoms with E-state index in [2.05, 4.69) is 15.2 Å². The number of hydrogen-bond acceptors (Lipinski definition) is 5. The monoisotopic (exact) mass is 537 g/mol. The Morgan fingerprint density at radius 3 is 2.61 bits per heavy atom. The minimum atomic E-state index is -1.44. The fourth-order valence-electron chi connectivity index (χ4n) is 5.19. The molecule has 2 heterocycles. The number of halogens is 5. The Bertz CT molecular complexity index is 1250. The number of aliphatic hydroxyl groups excluding tert-OH is 1. The molecule has 2 aromatic carbocycles. The van der Waals surface area contributed by atoms with Crippen molar-refractivity contribution in [2.24, 2.45) is 5.41 Å². The molecule has 3 aromatic rings. The summed E-state index contributed by atoms with van der Waals surface area (Å²) in [7, 11) is 1.51. The number of hydrogen-bond donors (Lipinski definition) is 2. The smallest absolute Gasteiger partial charge is 0.182 e. The largest absolute Gasteiger partial charge is 0.497 e. The van der Waals surface area contributed by atoms with Crippen LogP contribution in [0.3, 0.4) is 0 Å². The molecular formula is C28H32F5N3O2. The molecule has 0 saturated carbocycles. The van der Waals surface area contributed by atoms with E-state index in [1.165, 1.54) is 13.3 Å². The van der Waals surface area contributed by atoms with Crippen LogP contribution < -0.4 is 10.1 Å². The van der Waals surface area contributed by atoms with Gasteiger partial charge in [0, 0.05) is 54.5 Å². The van der Waals surface area contributed by atoms with E-state index in [1.807, 2.05) is 0 Å². The molecule has 5 nitrogen and oxygen atoms in total. The third kappa shape index (κ3) is 6.18. The molecule has 0 radical (unpaired) electrons. The van der Waals surface area contributed by atoms with Gasteiger partial charge in [0.25, 0.3) is 0 Å². The second-order valence-electron chi connectivity index (χ2n) is 9.90. The van der Waals surface area contributed by atoms with Crippen molar-refractivity contribution >= 4 is 16.6 Å². The molecule has 1 saturated heterocycles. The van der Waals surface area contributed by atoms with Crippen LogP contribution in [0.2, 0.25) is 0 Å². The molecule has 1 aromatic heterocycles. The standard InChI is InChI=1S/C28H32F5N3O2/c1-38-20-2-3-24-21(14-20)26(18(15-29)16-35-24)22(31)4-5-28(17-37)6-9-36(10-7-28)11-8-34-25-13-19(30)12-23(32)27(25)33/h2-3,12-14,16,22,34,37H,4-11,15,17H2,1H3/t22-/m0/s1. The van der Waals surface area contributed by atoms with E-state index in [9.17, 15) is 22.7 Å².